The van der Waals surface area contributed by atoms with Crippen LogP contribution in [-0.2, 0) is 0 Å². The molecule has 0 heterocycles. The van der Waals surface area contributed by atoms with Crippen LogP contribution in [-0.4, -0.2) is 4.99 Å². The van der Waals surface area contributed by atoms with E-state index in [0.717, 1.165) is 5.56 Å². The van der Waals surface area contributed by atoms with Crippen molar-refractivity contribution in [1.29, 1.82) is 0 Å². The third-order valence-electron chi connectivity index (χ3n) is 2.58. The average molecular weight is 312 g/mol. The molecule has 0 aliphatic rings. The fourth-order valence-corrected chi connectivity index (χ4v) is 2.13. The molecule has 0 amide bonds. The van der Waals surface area contributed by atoms with Crippen LogP contribution in [0.4, 0.5) is 0 Å². The summed E-state index contributed by atoms with van der Waals surface area (Å²) in [7, 11) is 0. The lowest BCUT2D eigenvalue weighted by molar-refractivity contribution is 0.478. The molecule has 0 atom stereocenters. The van der Waals surface area contributed by atoms with Gasteiger partial charge in [0.1, 0.15) is 16.5 Å². The maximum atomic E-state index is 6.08. The van der Waals surface area contributed by atoms with Gasteiger partial charge in [0.05, 0.1) is 10.6 Å². The predicted molar refractivity (Wildman–Crippen MR) is 83.6 cm³/mol. The molecule has 2 nitrogen and oxygen atoms in total. The summed E-state index contributed by atoms with van der Waals surface area (Å²) in [6, 6.07) is 10.6. The topological polar surface area (TPSA) is 35.2 Å². The van der Waals surface area contributed by atoms with Gasteiger partial charge in [0.15, 0.2) is 0 Å². The Kier molecular flexibility index (Phi) is 4.30. The van der Waals surface area contributed by atoms with Gasteiger partial charge < -0.3 is 10.5 Å². The predicted octanol–water partition coefficient (Wildman–Crippen LogP) is 4.73. The molecule has 0 unspecified atom stereocenters. The van der Waals surface area contributed by atoms with E-state index >= 15 is 0 Å². The highest BCUT2D eigenvalue weighted by Gasteiger charge is 2.12. The molecule has 0 saturated carbocycles. The van der Waals surface area contributed by atoms with E-state index in [1.54, 1.807) is 18.2 Å². The maximum absolute atomic E-state index is 6.08. The minimum atomic E-state index is 0.275. The molecule has 2 aromatic rings. The van der Waals surface area contributed by atoms with Crippen molar-refractivity contribution in [3.05, 3.63) is 57.6 Å². The fraction of sp³-hybridized carbons (Fsp3) is 0.0714. The van der Waals surface area contributed by atoms with E-state index in [4.69, 9.17) is 45.9 Å². The highest BCUT2D eigenvalue weighted by molar-refractivity contribution is 7.80. The van der Waals surface area contributed by atoms with Gasteiger partial charge in [-0.15, -0.1) is 0 Å². The van der Waals surface area contributed by atoms with Crippen molar-refractivity contribution in [2.45, 2.75) is 6.92 Å². The molecule has 0 saturated heterocycles. The van der Waals surface area contributed by atoms with Crippen LogP contribution in [0.3, 0.4) is 0 Å². The molecule has 0 radical (unpaired) electrons. The largest absolute Gasteiger partial charge is 0.455 e. The van der Waals surface area contributed by atoms with E-state index in [2.05, 4.69) is 0 Å². The number of benzene rings is 2. The second kappa shape index (κ2) is 5.78. The summed E-state index contributed by atoms with van der Waals surface area (Å²) in [5.74, 6) is 1.07. The summed E-state index contributed by atoms with van der Waals surface area (Å²) in [5.41, 5.74) is 7.29. The second-order valence-corrected chi connectivity index (χ2v) is 5.28. The molecule has 0 aliphatic heterocycles. The van der Waals surface area contributed by atoms with Crippen LogP contribution in [0, 0.1) is 6.92 Å². The van der Waals surface area contributed by atoms with Gasteiger partial charge in [-0.1, -0.05) is 47.6 Å². The van der Waals surface area contributed by atoms with Crippen LogP contribution < -0.4 is 10.5 Å². The number of rotatable bonds is 3. The molecule has 0 aliphatic carbocycles. The van der Waals surface area contributed by atoms with Gasteiger partial charge in [-0.05, 0) is 30.7 Å². The standard InChI is InChI=1S/C14H11Cl2NOS/c1-8-3-2-4-10(14(17)19)13(8)18-12-7-9(15)5-6-11(12)16/h2-7H,1H3,(H2,17,19). The lowest BCUT2D eigenvalue weighted by Gasteiger charge is -2.14. The molecule has 2 rings (SSSR count). The third-order valence-corrected chi connectivity index (χ3v) is 3.35. The van der Waals surface area contributed by atoms with Crippen molar-refractivity contribution < 1.29 is 4.74 Å². The van der Waals surface area contributed by atoms with E-state index in [9.17, 15) is 0 Å². The van der Waals surface area contributed by atoms with Crippen LogP contribution in [0.25, 0.3) is 0 Å². The molecule has 19 heavy (non-hydrogen) atoms. The Hall–Kier alpha value is -1.29. The van der Waals surface area contributed by atoms with Gasteiger partial charge in [-0.2, -0.15) is 0 Å². The van der Waals surface area contributed by atoms with Crippen molar-refractivity contribution in [2.75, 3.05) is 0 Å². The third kappa shape index (κ3) is 3.18. The van der Waals surface area contributed by atoms with E-state index < -0.39 is 0 Å². The molecule has 2 aromatic carbocycles. The number of hydrogen-bond acceptors (Lipinski definition) is 2. The van der Waals surface area contributed by atoms with Crippen molar-refractivity contribution in [3.63, 3.8) is 0 Å². The lowest BCUT2D eigenvalue weighted by atomic mass is 10.1. The highest BCUT2D eigenvalue weighted by Crippen LogP contribution is 2.35. The summed E-state index contributed by atoms with van der Waals surface area (Å²) in [4.78, 5) is 0.275. The van der Waals surface area contributed by atoms with Gasteiger partial charge in [-0.3, -0.25) is 0 Å². The van der Waals surface area contributed by atoms with Crippen molar-refractivity contribution in [2.24, 2.45) is 5.73 Å². The van der Waals surface area contributed by atoms with Crippen LogP contribution in [0.1, 0.15) is 11.1 Å². The zero-order valence-electron chi connectivity index (χ0n) is 10.1. The summed E-state index contributed by atoms with van der Waals surface area (Å²) in [5, 5.41) is 1.02. The Morgan fingerprint density at radius 1 is 1.21 bits per heavy atom. The summed E-state index contributed by atoms with van der Waals surface area (Å²) in [6.45, 7) is 1.91. The first-order valence-corrected chi connectivity index (χ1v) is 6.68. The quantitative estimate of drug-likeness (QED) is 0.832. The van der Waals surface area contributed by atoms with E-state index in [1.807, 2.05) is 25.1 Å². The van der Waals surface area contributed by atoms with Crippen LogP contribution in [0.2, 0.25) is 10.0 Å². The van der Waals surface area contributed by atoms with Gasteiger partial charge in [0.2, 0.25) is 0 Å². The van der Waals surface area contributed by atoms with E-state index in [1.165, 1.54) is 0 Å². The number of thiocarbonyl (C=S) groups is 1. The fourth-order valence-electron chi connectivity index (χ4n) is 1.65. The normalized spacial score (nSPS) is 10.3. The van der Waals surface area contributed by atoms with Crippen LogP contribution in [0.15, 0.2) is 36.4 Å². The SMILES string of the molecule is Cc1cccc(C(N)=S)c1Oc1cc(Cl)ccc1Cl. The van der Waals surface area contributed by atoms with E-state index in [-0.39, 0.29) is 4.99 Å². The molecular formula is C14H11Cl2NOS. The summed E-state index contributed by atoms with van der Waals surface area (Å²) >= 11 is 17.0. The maximum Gasteiger partial charge on any atom is 0.147 e. The van der Waals surface area contributed by atoms with Gasteiger partial charge in [0.25, 0.3) is 0 Å². The number of aryl methyl sites for hydroxylation is 1. The molecule has 0 spiro atoms. The molecule has 0 bridgehead atoms. The Labute approximate surface area is 127 Å². The first-order valence-electron chi connectivity index (χ1n) is 5.51. The number of hydrogen-bond donors (Lipinski definition) is 1. The minimum Gasteiger partial charge on any atom is -0.455 e. The zero-order valence-corrected chi connectivity index (χ0v) is 12.4. The summed E-state index contributed by atoms with van der Waals surface area (Å²) in [6.07, 6.45) is 0. The monoisotopic (exact) mass is 311 g/mol. The average Bonchev–Trinajstić information content (AvgIpc) is 2.35. The minimum absolute atomic E-state index is 0.275. The molecule has 0 fully saturated rings. The van der Waals surface area contributed by atoms with Crippen LogP contribution in [0.5, 0.6) is 11.5 Å². The molecule has 5 heteroatoms. The molecule has 98 valence electrons. The van der Waals surface area contributed by atoms with Gasteiger partial charge in [0, 0.05) is 11.1 Å². The first kappa shape index (κ1) is 14.1. The van der Waals surface area contributed by atoms with Crippen molar-refractivity contribution in [3.8, 4) is 11.5 Å². The number of nitrogens with two attached hydrogens (primary N) is 1. The molecular weight excluding hydrogens is 301 g/mol. The van der Waals surface area contributed by atoms with Crippen LogP contribution >= 0.6 is 35.4 Å². The number of halogens is 2. The van der Waals surface area contributed by atoms with Gasteiger partial charge >= 0.3 is 0 Å². The smallest absolute Gasteiger partial charge is 0.147 e. The molecule has 2 N–H and O–H groups in total. The Morgan fingerprint density at radius 2 is 1.95 bits per heavy atom. The van der Waals surface area contributed by atoms with Crippen molar-refractivity contribution in [1.82, 2.24) is 0 Å². The number of ether oxygens (including phenoxy) is 1. The lowest BCUT2D eigenvalue weighted by Crippen LogP contribution is -2.11. The first-order chi connectivity index (χ1) is 8.99. The number of para-hydroxylation sites is 1. The summed E-state index contributed by atoms with van der Waals surface area (Å²) < 4.78 is 5.83. The molecule has 0 aromatic heterocycles. The van der Waals surface area contributed by atoms with Crippen molar-refractivity contribution >= 4 is 40.4 Å². The second-order valence-electron chi connectivity index (χ2n) is 3.99. The zero-order chi connectivity index (χ0) is 14.0. The van der Waals surface area contributed by atoms with Gasteiger partial charge in [-0.25, -0.2) is 0 Å². The highest BCUT2D eigenvalue weighted by atomic mass is 35.5. The Morgan fingerprint density at radius 3 is 2.63 bits per heavy atom. The van der Waals surface area contributed by atoms with E-state index in [0.29, 0.717) is 27.1 Å². The Bertz CT molecular complexity index is 643. The Balaban J connectivity index is 2.49.